The van der Waals surface area contributed by atoms with Crippen molar-refractivity contribution in [2.75, 3.05) is 0 Å². The van der Waals surface area contributed by atoms with Crippen LogP contribution in [-0.2, 0) is 17.8 Å². The van der Waals surface area contributed by atoms with Gasteiger partial charge in [-0.1, -0.05) is 81.2 Å². The number of halogens is 3. The minimum absolute atomic E-state index is 0.189. The average Bonchev–Trinajstić information content (AvgIpc) is 2.98. The second kappa shape index (κ2) is 16.0. The van der Waals surface area contributed by atoms with Crippen LogP contribution in [0.1, 0.15) is 138 Å². The summed E-state index contributed by atoms with van der Waals surface area (Å²) >= 11 is 0. The largest absolute Gasteiger partial charge is 0.360 e. The van der Waals surface area contributed by atoms with Crippen molar-refractivity contribution < 1.29 is 17.9 Å². The van der Waals surface area contributed by atoms with Gasteiger partial charge in [0, 0.05) is 5.56 Å². The van der Waals surface area contributed by atoms with E-state index in [1.54, 1.807) is 12.1 Å². The fourth-order valence-electron chi connectivity index (χ4n) is 7.06. The summed E-state index contributed by atoms with van der Waals surface area (Å²) in [6.45, 7) is 3.87. The van der Waals surface area contributed by atoms with Crippen LogP contribution in [0, 0.1) is 17.7 Å². The number of alkyl halides is 2. The van der Waals surface area contributed by atoms with Crippen LogP contribution in [0.5, 0.6) is 0 Å². The van der Waals surface area contributed by atoms with Crippen molar-refractivity contribution in [3.63, 3.8) is 0 Å². The van der Waals surface area contributed by atoms with Gasteiger partial charge >= 0.3 is 6.11 Å². The Hall–Kier alpha value is -2.07. The summed E-state index contributed by atoms with van der Waals surface area (Å²) in [5.41, 5.74) is 2.97. The Morgan fingerprint density at radius 3 is 2.02 bits per heavy atom. The zero-order valence-electron chi connectivity index (χ0n) is 25.4. The van der Waals surface area contributed by atoms with Crippen LogP contribution in [0.2, 0.25) is 0 Å². The zero-order valence-corrected chi connectivity index (χ0v) is 25.4. The highest BCUT2D eigenvalue weighted by atomic mass is 19.3. The highest BCUT2D eigenvalue weighted by molar-refractivity contribution is 5.28. The van der Waals surface area contributed by atoms with Crippen molar-refractivity contribution in [1.29, 1.82) is 0 Å². The highest BCUT2D eigenvalue weighted by Crippen LogP contribution is 2.39. The van der Waals surface area contributed by atoms with E-state index >= 15 is 0 Å². The monoisotopic (exact) mass is 568 g/mol. The molecular formula is C37H51F3O. The molecule has 2 aliphatic carbocycles. The molecule has 2 aliphatic rings. The van der Waals surface area contributed by atoms with Crippen molar-refractivity contribution in [3.05, 3.63) is 82.7 Å². The fraction of sp³-hybridized carbons (Fsp3) is 0.622. The normalized spacial score (nSPS) is 23.7. The molecule has 2 aromatic rings. The third kappa shape index (κ3) is 10.0. The predicted molar refractivity (Wildman–Crippen MR) is 164 cm³/mol. The molecule has 2 saturated carbocycles. The Labute approximate surface area is 247 Å². The van der Waals surface area contributed by atoms with Crippen LogP contribution in [0.4, 0.5) is 13.2 Å². The molecule has 2 aromatic carbocycles. The van der Waals surface area contributed by atoms with Crippen molar-refractivity contribution in [1.82, 2.24) is 0 Å². The van der Waals surface area contributed by atoms with Gasteiger partial charge in [0.1, 0.15) is 5.82 Å². The maximum Gasteiger partial charge on any atom is 0.360 e. The SMILES string of the molecule is C/C=C/CCC1CCC(c2ccc(COC(F)(F)Cc3ccc(C4CCC(CCCCC)CC4)cc3)c(F)c2)CC1. The molecular weight excluding hydrogens is 517 g/mol. The first-order valence-electron chi connectivity index (χ1n) is 16.4. The first kappa shape index (κ1) is 31.9. The number of hydrogen-bond donors (Lipinski definition) is 0. The zero-order chi connectivity index (χ0) is 29.1. The second-order valence-electron chi connectivity index (χ2n) is 12.8. The molecule has 0 N–H and O–H groups in total. The summed E-state index contributed by atoms with van der Waals surface area (Å²) in [6.07, 6.45) is 17.5. The number of rotatable bonds is 14. The molecule has 0 radical (unpaired) electrons. The molecule has 0 aliphatic heterocycles. The van der Waals surface area contributed by atoms with Gasteiger partial charge < -0.3 is 4.74 Å². The van der Waals surface area contributed by atoms with Gasteiger partial charge in [-0.25, -0.2) is 4.39 Å². The maximum absolute atomic E-state index is 14.9. The van der Waals surface area contributed by atoms with Crippen LogP contribution in [0.3, 0.4) is 0 Å². The first-order chi connectivity index (χ1) is 19.9. The number of allylic oxidation sites excluding steroid dienone is 2. The lowest BCUT2D eigenvalue weighted by Crippen LogP contribution is -2.24. The quantitative estimate of drug-likeness (QED) is 0.163. The minimum atomic E-state index is -3.35. The molecule has 2 fully saturated rings. The second-order valence-corrected chi connectivity index (χ2v) is 12.8. The van der Waals surface area contributed by atoms with Crippen molar-refractivity contribution in [3.8, 4) is 0 Å². The van der Waals surface area contributed by atoms with Crippen LogP contribution in [0.15, 0.2) is 54.6 Å². The summed E-state index contributed by atoms with van der Waals surface area (Å²) in [5.74, 6) is 2.04. The summed E-state index contributed by atoms with van der Waals surface area (Å²) in [6, 6.07) is 12.7. The Kier molecular flexibility index (Phi) is 12.4. The number of benzene rings is 2. The van der Waals surface area contributed by atoms with E-state index in [1.165, 1.54) is 76.2 Å². The molecule has 4 rings (SSSR count). The molecule has 4 heteroatoms. The third-order valence-corrected chi connectivity index (χ3v) is 9.74. The fourth-order valence-corrected chi connectivity index (χ4v) is 7.06. The van der Waals surface area contributed by atoms with Crippen molar-refractivity contribution >= 4 is 0 Å². The summed E-state index contributed by atoms with van der Waals surface area (Å²) in [7, 11) is 0. The van der Waals surface area contributed by atoms with Crippen LogP contribution >= 0.6 is 0 Å². The van der Waals surface area contributed by atoms with Gasteiger partial charge in [0.25, 0.3) is 0 Å². The minimum Gasteiger partial charge on any atom is -0.315 e. The standard InChI is InChI=1S/C37H51F3O/c1-3-5-7-9-28-11-17-31(18-12-28)32-21-15-30(16-22-32)26-37(39,40)41-27-35-24-23-34(25-36(35)38)33-19-13-29(14-20-33)10-8-6-4-2/h4,6,15-16,21-25,28-29,31,33H,3,5,7-14,17-20,26-27H2,1-2H3/b6-4+. The Balaban J connectivity index is 1.22. The van der Waals surface area contributed by atoms with Crippen LogP contribution in [-0.4, -0.2) is 6.11 Å². The molecule has 0 saturated heterocycles. The molecule has 0 heterocycles. The van der Waals surface area contributed by atoms with Gasteiger partial charge in [0.2, 0.25) is 0 Å². The Morgan fingerprint density at radius 2 is 1.41 bits per heavy atom. The van der Waals surface area contributed by atoms with Gasteiger partial charge in [-0.15, -0.1) is 0 Å². The summed E-state index contributed by atoms with van der Waals surface area (Å²) < 4.78 is 49.3. The van der Waals surface area contributed by atoms with Gasteiger partial charge in [0.05, 0.1) is 13.0 Å². The summed E-state index contributed by atoms with van der Waals surface area (Å²) in [5, 5.41) is 0. The predicted octanol–water partition coefficient (Wildman–Crippen LogP) is 11.7. The van der Waals surface area contributed by atoms with E-state index in [4.69, 9.17) is 4.74 Å². The highest BCUT2D eigenvalue weighted by Gasteiger charge is 2.31. The van der Waals surface area contributed by atoms with E-state index in [1.807, 2.05) is 30.3 Å². The van der Waals surface area contributed by atoms with E-state index in [0.29, 0.717) is 17.4 Å². The Bertz CT molecular complexity index is 1060. The van der Waals surface area contributed by atoms with E-state index in [0.717, 1.165) is 36.7 Å². The number of unbranched alkanes of at least 4 members (excludes halogenated alkanes) is 2. The van der Waals surface area contributed by atoms with Gasteiger partial charge in [-0.05, 0) is 118 Å². The number of ether oxygens (including phenoxy) is 1. The van der Waals surface area contributed by atoms with Gasteiger partial charge in [-0.2, -0.15) is 8.78 Å². The third-order valence-electron chi connectivity index (χ3n) is 9.74. The lowest BCUT2D eigenvalue weighted by molar-refractivity contribution is -0.244. The Morgan fingerprint density at radius 1 is 0.805 bits per heavy atom. The molecule has 0 amide bonds. The maximum atomic E-state index is 14.9. The van der Waals surface area contributed by atoms with Crippen molar-refractivity contribution in [2.45, 2.75) is 135 Å². The number of hydrogen-bond acceptors (Lipinski definition) is 1. The molecule has 41 heavy (non-hydrogen) atoms. The van der Waals surface area contributed by atoms with E-state index in [2.05, 4.69) is 26.0 Å². The molecule has 1 nitrogen and oxygen atoms in total. The van der Waals surface area contributed by atoms with Gasteiger partial charge in [-0.3, -0.25) is 0 Å². The smallest absolute Gasteiger partial charge is 0.315 e. The molecule has 0 bridgehead atoms. The topological polar surface area (TPSA) is 9.23 Å². The summed E-state index contributed by atoms with van der Waals surface area (Å²) in [4.78, 5) is 0. The molecule has 0 atom stereocenters. The molecule has 0 aromatic heterocycles. The molecule has 0 unspecified atom stereocenters. The van der Waals surface area contributed by atoms with Crippen molar-refractivity contribution in [2.24, 2.45) is 11.8 Å². The van der Waals surface area contributed by atoms with Crippen LogP contribution < -0.4 is 0 Å². The molecule has 0 spiro atoms. The van der Waals surface area contributed by atoms with Crippen LogP contribution in [0.25, 0.3) is 0 Å². The van der Waals surface area contributed by atoms with E-state index < -0.39 is 25.0 Å². The lowest BCUT2D eigenvalue weighted by Gasteiger charge is -2.29. The lowest BCUT2D eigenvalue weighted by atomic mass is 9.77. The van der Waals surface area contributed by atoms with E-state index in [-0.39, 0.29) is 5.56 Å². The average molecular weight is 569 g/mol. The van der Waals surface area contributed by atoms with E-state index in [9.17, 15) is 13.2 Å². The first-order valence-corrected chi connectivity index (χ1v) is 16.4. The molecule has 226 valence electrons. The van der Waals surface area contributed by atoms with Gasteiger partial charge in [0.15, 0.2) is 0 Å².